The standard InChI is InChI=1S/C20H23N7O2/c1-13-9-23-16(11-22-13)20(29)26-8-4-5-14(12-26)17-6-7-21-18-15(10-24-27(17)18)19(28)25(2)3/h6-7,9-11,14H,4-5,8,12H2,1-3H3/t14-/m1/s1. The van der Waals surface area contributed by atoms with E-state index in [0.717, 1.165) is 24.2 Å². The zero-order valence-electron chi connectivity index (χ0n) is 16.7. The summed E-state index contributed by atoms with van der Waals surface area (Å²) in [7, 11) is 3.41. The molecule has 0 unspecified atom stereocenters. The number of carbonyl (C=O) groups is 2. The molecule has 0 aromatic carbocycles. The van der Waals surface area contributed by atoms with Crippen molar-refractivity contribution >= 4 is 17.5 Å². The fourth-order valence-corrected chi connectivity index (χ4v) is 3.68. The van der Waals surface area contributed by atoms with Crippen LogP contribution in [0.2, 0.25) is 0 Å². The summed E-state index contributed by atoms with van der Waals surface area (Å²) in [5, 5.41) is 4.42. The Morgan fingerprint density at radius 1 is 1.14 bits per heavy atom. The maximum absolute atomic E-state index is 12.9. The van der Waals surface area contributed by atoms with Gasteiger partial charge in [-0.15, -0.1) is 0 Å². The predicted octanol–water partition coefficient (Wildman–Crippen LogP) is 1.55. The highest BCUT2D eigenvalue weighted by Gasteiger charge is 2.28. The number of fused-ring (bicyclic) bond motifs is 1. The maximum atomic E-state index is 12.9. The zero-order chi connectivity index (χ0) is 20.5. The molecule has 9 heteroatoms. The second-order valence-electron chi connectivity index (χ2n) is 7.50. The maximum Gasteiger partial charge on any atom is 0.274 e. The van der Waals surface area contributed by atoms with Gasteiger partial charge in [-0.1, -0.05) is 0 Å². The molecule has 2 amide bonds. The van der Waals surface area contributed by atoms with E-state index in [4.69, 9.17) is 0 Å². The monoisotopic (exact) mass is 393 g/mol. The van der Waals surface area contributed by atoms with E-state index in [-0.39, 0.29) is 17.7 Å². The lowest BCUT2D eigenvalue weighted by atomic mass is 9.94. The van der Waals surface area contributed by atoms with Crippen LogP contribution in [-0.2, 0) is 0 Å². The minimum atomic E-state index is -0.136. The summed E-state index contributed by atoms with van der Waals surface area (Å²) >= 11 is 0. The number of aromatic nitrogens is 5. The lowest BCUT2D eigenvalue weighted by molar-refractivity contribution is 0.0698. The van der Waals surface area contributed by atoms with Crippen LogP contribution in [0.1, 0.15) is 51.0 Å². The first kappa shape index (κ1) is 19.0. The first-order valence-corrected chi connectivity index (χ1v) is 9.58. The van der Waals surface area contributed by atoms with Gasteiger partial charge in [0.1, 0.15) is 11.3 Å². The molecule has 3 aromatic heterocycles. The highest BCUT2D eigenvalue weighted by molar-refractivity contribution is 5.99. The van der Waals surface area contributed by atoms with Crippen molar-refractivity contribution in [1.82, 2.24) is 34.4 Å². The van der Waals surface area contributed by atoms with Gasteiger partial charge in [0.25, 0.3) is 11.8 Å². The molecule has 1 aliphatic rings. The fraction of sp³-hybridized carbons (Fsp3) is 0.400. The summed E-state index contributed by atoms with van der Waals surface area (Å²) in [5.74, 6) is -0.154. The Labute approximate surface area is 168 Å². The molecule has 0 N–H and O–H groups in total. The molecule has 0 radical (unpaired) electrons. The average molecular weight is 393 g/mol. The molecule has 1 aliphatic heterocycles. The molecule has 1 saturated heterocycles. The number of nitrogens with zero attached hydrogens (tertiary/aromatic N) is 7. The minimum absolute atomic E-state index is 0.0961. The third-order valence-corrected chi connectivity index (χ3v) is 5.19. The van der Waals surface area contributed by atoms with Crippen LogP contribution < -0.4 is 0 Å². The Kier molecular flexibility index (Phi) is 4.96. The van der Waals surface area contributed by atoms with Crippen LogP contribution in [0.3, 0.4) is 0 Å². The first-order valence-electron chi connectivity index (χ1n) is 9.58. The van der Waals surface area contributed by atoms with Crippen LogP contribution in [0.5, 0.6) is 0 Å². The summed E-state index contributed by atoms with van der Waals surface area (Å²) in [6.07, 6.45) is 8.20. The van der Waals surface area contributed by atoms with E-state index >= 15 is 0 Å². The van der Waals surface area contributed by atoms with E-state index in [1.165, 1.54) is 11.1 Å². The molecule has 0 spiro atoms. The van der Waals surface area contributed by atoms with Crippen molar-refractivity contribution in [1.29, 1.82) is 0 Å². The highest BCUT2D eigenvalue weighted by atomic mass is 16.2. The van der Waals surface area contributed by atoms with Gasteiger partial charge >= 0.3 is 0 Å². The Morgan fingerprint density at radius 2 is 1.97 bits per heavy atom. The number of hydrogen-bond acceptors (Lipinski definition) is 6. The molecule has 150 valence electrons. The topological polar surface area (TPSA) is 96.6 Å². The summed E-state index contributed by atoms with van der Waals surface area (Å²) in [6.45, 7) is 3.08. The predicted molar refractivity (Wildman–Crippen MR) is 106 cm³/mol. The van der Waals surface area contributed by atoms with Gasteiger partial charge in [0, 0.05) is 45.5 Å². The summed E-state index contributed by atoms with van der Waals surface area (Å²) in [5.41, 5.74) is 3.08. The van der Waals surface area contributed by atoms with Gasteiger partial charge in [0.15, 0.2) is 5.65 Å². The molecule has 4 rings (SSSR count). The van der Waals surface area contributed by atoms with E-state index in [1.807, 2.05) is 17.9 Å². The van der Waals surface area contributed by atoms with E-state index < -0.39 is 0 Å². The van der Waals surface area contributed by atoms with E-state index in [0.29, 0.717) is 30.0 Å². The van der Waals surface area contributed by atoms with Crippen LogP contribution in [0.4, 0.5) is 0 Å². The summed E-state index contributed by atoms with van der Waals surface area (Å²) < 4.78 is 1.72. The number of likely N-dealkylation sites (tertiary alicyclic amines) is 1. The smallest absolute Gasteiger partial charge is 0.274 e. The van der Waals surface area contributed by atoms with Crippen molar-refractivity contribution < 1.29 is 9.59 Å². The quantitative estimate of drug-likeness (QED) is 0.670. The fourth-order valence-electron chi connectivity index (χ4n) is 3.68. The molecule has 9 nitrogen and oxygen atoms in total. The number of piperidine rings is 1. The van der Waals surface area contributed by atoms with E-state index in [9.17, 15) is 9.59 Å². The van der Waals surface area contributed by atoms with Crippen molar-refractivity contribution in [2.75, 3.05) is 27.2 Å². The summed E-state index contributed by atoms with van der Waals surface area (Å²) in [4.78, 5) is 41.3. The van der Waals surface area contributed by atoms with Crippen LogP contribution >= 0.6 is 0 Å². The second kappa shape index (κ2) is 7.57. The normalized spacial score (nSPS) is 16.8. The molecule has 0 saturated carbocycles. The van der Waals surface area contributed by atoms with Crippen molar-refractivity contribution in [3.63, 3.8) is 0 Å². The zero-order valence-corrected chi connectivity index (χ0v) is 16.7. The molecule has 0 aliphatic carbocycles. The number of amides is 2. The average Bonchev–Trinajstić information content (AvgIpc) is 3.17. The molecule has 29 heavy (non-hydrogen) atoms. The molecular formula is C20H23N7O2. The third kappa shape index (κ3) is 3.55. The van der Waals surface area contributed by atoms with Gasteiger partial charge in [0.2, 0.25) is 0 Å². The molecule has 0 bridgehead atoms. The number of rotatable bonds is 3. The van der Waals surface area contributed by atoms with Crippen LogP contribution in [0, 0.1) is 6.92 Å². The van der Waals surface area contributed by atoms with Crippen LogP contribution in [-0.4, -0.2) is 73.4 Å². The molecule has 1 fully saturated rings. The van der Waals surface area contributed by atoms with Gasteiger partial charge in [-0.25, -0.2) is 14.5 Å². The number of aryl methyl sites for hydroxylation is 1. The summed E-state index contributed by atoms with van der Waals surface area (Å²) in [6, 6.07) is 1.91. The Bertz CT molecular complexity index is 1060. The molecule has 4 heterocycles. The Hall–Kier alpha value is -3.36. The van der Waals surface area contributed by atoms with Crippen molar-refractivity contribution in [3.05, 3.63) is 53.5 Å². The Balaban J connectivity index is 1.61. The molecular weight excluding hydrogens is 370 g/mol. The lowest BCUT2D eigenvalue weighted by Gasteiger charge is -2.32. The van der Waals surface area contributed by atoms with Gasteiger partial charge in [-0.2, -0.15) is 5.10 Å². The van der Waals surface area contributed by atoms with Gasteiger partial charge in [-0.3, -0.25) is 14.6 Å². The number of hydrogen-bond donors (Lipinski definition) is 0. The lowest BCUT2D eigenvalue weighted by Crippen LogP contribution is -2.40. The second-order valence-corrected chi connectivity index (χ2v) is 7.50. The van der Waals surface area contributed by atoms with E-state index in [1.54, 1.807) is 37.2 Å². The van der Waals surface area contributed by atoms with Crippen LogP contribution in [0.25, 0.3) is 5.65 Å². The van der Waals surface area contributed by atoms with Gasteiger partial charge < -0.3 is 9.80 Å². The first-order chi connectivity index (χ1) is 14.0. The Morgan fingerprint density at radius 3 is 2.69 bits per heavy atom. The highest BCUT2D eigenvalue weighted by Crippen LogP contribution is 2.28. The minimum Gasteiger partial charge on any atom is -0.345 e. The van der Waals surface area contributed by atoms with Crippen LogP contribution in [0.15, 0.2) is 30.9 Å². The van der Waals surface area contributed by atoms with Crippen molar-refractivity contribution in [3.8, 4) is 0 Å². The largest absolute Gasteiger partial charge is 0.345 e. The molecule has 1 atom stereocenters. The SMILES string of the molecule is Cc1cnc(C(=O)N2CCC[C@@H](c3ccnc4c(C(=O)N(C)C)cnn34)C2)cn1. The molecule has 3 aromatic rings. The van der Waals surface area contributed by atoms with Gasteiger partial charge in [-0.05, 0) is 25.8 Å². The van der Waals surface area contributed by atoms with Crippen molar-refractivity contribution in [2.45, 2.75) is 25.7 Å². The number of carbonyl (C=O) groups excluding carboxylic acids is 2. The van der Waals surface area contributed by atoms with Crippen molar-refractivity contribution in [2.24, 2.45) is 0 Å². The third-order valence-electron chi connectivity index (χ3n) is 5.19. The van der Waals surface area contributed by atoms with Gasteiger partial charge in [0.05, 0.1) is 23.8 Å². The van der Waals surface area contributed by atoms with E-state index in [2.05, 4.69) is 20.1 Å².